The number of para-hydroxylation sites is 1. The van der Waals surface area contributed by atoms with Gasteiger partial charge in [0.15, 0.2) is 5.69 Å². The Balaban J connectivity index is 0.00000162. The zero-order chi connectivity index (χ0) is 12.1. The topological polar surface area (TPSA) is 45.7 Å². The van der Waals surface area contributed by atoms with E-state index in [0.29, 0.717) is 10.6 Å². The van der Waals surface area contributed by atoms with E-state index >= 15 is 0 Å². The third kappa shape index (κ3) is 4.04. The number of hydrogen-bond donors (Lipinski definition) is 2. The van der Waals surface area contributed by atoms with Crippen LogP contribution in [0.15, 0.2) is 54.6 Å². The standard InChI is InChI=1S/C13H11ClN2O.ClH/c14-11-8-6-10(7-9-11)13(17)16-15-12-4-2-1-3-5-12;/h1-9,15H,(H,16,17);1H. The molecule has 0 spiro atoms. The molecule has 18 heavy (non-hydrogen) atoms. The van der Waals surface area contributed by atoms with Crippen molar-refractivity contribution >= 4 is 23.2 Å². The molecule has 5 heteroatoms. The van der Waals surface area contributed by atoms with Crippen LogP contribution in [0.2, 0.25) is 5.02 Å². The van der Waals surface area contributed by atoms with E-state index in [1.807, 2.05) is 30.3 Å². The van der Waals surface area contributed by atoms with Gasteiger partial charge in [0, 0.05) is 22.7 Å². The Morgan fingerprint density at radius 1 is 1.00 bits per heavy atom. The number of quaternary nitrogens is 1. The monoisotopic (exact) mass is 282 g/mol. The molecule has 3 nitrogen and oxygen atoms in total. The van der Waals surface area contributed by atoms with Crippen molar-refractivity contribution in [2.24, 2.45) is 0 Å². The number of carbonyl (C=O) groups is 1. The molecule has 0 bridgehead atoms. The minimum Gasteiger partial charge on any atom is -1.00 e. The van der Waals surface area contributed by atoms with Crippen molar-refractivity contribution in [3.63, 3.8) is 0 Å². The molecule has 2 aromatic carbocycles. The van der Waals surface area contributed by atoms with E-state index in [-0.39, 0.29) is 18.3 Å². The summed E-state index contributed by atoms with van der Waals surface area (Å²) in [5.74, 6) is -0.148. The highest BCUT2D eigenvalue weighted by atomic mass is 35.5. The van der Waals surface area contributed by atoms with Gasteiger partial charge in [0.25, 0.3) is 5.91 Å². The van der Waals surface area contributed by atoms with Crippen molar-refractivity contribution in [1.29, 1.82) is 0 Å². The molecule has 2 rings (SSSR count). The van der Waals surface area contributed by atoms with Gasteiger partial charge in [0.1, 0.15) is 0 Å². The molecule has 0 aliphatic rings. The second kappa shape index (κ2) is 7.01. The Bertz CT molecular complexity index is 500. The fourth-order valence-corrected chi connectivity index (χ4v) is 1.51. The van der Waals surface area contributed by atoms with Crippen molar-refractivity contribution in [2.45, 2.75) is 0 Å². The molecule has 2 aromatic rings. The molecule has 1 amide bonds. The number of nitrogens with two attached hydrogens (primary N) is 1. The van der Waals surface area contributed by atoms with Gasteiger partial charge in [-0.3, -0.25) is 4.79 Å². The van der Waals surface area contributed by atoms with Crippen LogP contribution in [-0.2, 0) is 0 Å². The van der Waals surface area contributed by atoms with Crippen LogP contribution in [0.5, 0.6) is 0 Å². The van der Waals surface area contributed by atoms with Gasteiger partial charge in [-0.1, -0.05) is 29.8 Å². The quantitative estimate of drug-likeness (QED) is 0.319. The van der Waals surface area contributed by atoms with Crippen LogP contribution in [0.3, 0.4) is 0 Å². The molecular formula is C13H12Cl2N2O. The summed E-state index contributed by atoms with van der Waals surface area (Å²) in [5, 5.41) is 0.619. The number of nitrogens with one attached hydrogen (secondary N) is 1. The van der Waals surface area contributed by atoms with E-state index in [1.165, 1.54) is 0 Å². The predicted octanol–water partition coefficient (Wildman–Crippen LogP) is -1.12. The molecule has 0 aliphatic carbocycles. The molecule has 0 saturated carbocycles. The third-order valence-electron chi connectivity index (χ3n) is 2.28. The average Bonchev–Trinajstić information content (AvgIpc) is 2.38. The first-order valence-electron chi connectivity index (χ1n) is 5.20. The SMILES string of the molecule is O=C(N[NH2+]c1ccccc1)c1ccc(Cl)cc1.[Cl-]. The molecule has 0 atom stereocenters. The number of benzene rings is 2. The Hall–Kier alpha value is -1.55. The van der Waals surface area contributed by atoms with E-state index in [9.17, 15) is 4.79 Å². The fraction of sp³-hybridized carbons (Fsp3) is 0. The Kier molecular flexibility index (Phi) is 5.65. The maximum Gasteiger partial charge on any atom is 0.296 e. The zero-order valence-electron chi connectivity index (χ0n) is 9.44. The van der Waals surface area contributed by atoms with Crippen LogP contribution < -0.4 is 23.3 Å². The summed E-state index contributed by atoms with van der Waals surface area (Å²) in [6, 6.07) is 16.4. The summed E-state index contributed by atoms with van der Waals surface area (Å²) in [6.45, 7) is 0. The van der Waals surface area contributed by atoms with Gasteiger partial charge in [-0.25, -0.2) is 5.43 Å². The highest BCUT2D eigenvalue weighted by Gasteiger charge is 2.06. The fourth-order valence-electron chi connectivity index (χ4n) is 1.38. The van der Waals surface area contributed by atoms with E-state index in [4.69, 9.17) is 11.6 Å². The van der Waals surface area contributed by atoms with Crippen molar-refractivity contribution in [3.8, 4) is 0 Å². The summed E-state index contributed by atoms with van der Waals surface area (Å²) in [4.78, 5) is 11.7. The van der Waals surface area contributed by atoms with Crippen molar-refractivity contribution in [3.05, 3.63) is 65.2 Å². The zero-order valence-corrected chi connectivity index (χ0v) is 10.9. The van der Waals surface area contributed by atoms with E-state index in [0.717, 1.165) is 5.69 Å². The third-order valence-corrected chi connectivity index (χ3v) is 2.53. The van der Waals surface area contributed by atoms with Gasteiger partial charge in [-0.15, -0.1) is 0 Å². The lowest BCUT2D eigenvalue weighted by Crippen LogP contribution is -3.00. The van der Waals surface area contributed by atoms with Crippen LogP contribution in [-0.4, -0.2) is 5.91 Å². The molecule has 94 valence electrons. The Labute approximate surface area is 117 Å². The van der Waals surface area contributed by atoms with Crippen LogP contribution >= 0.6 is 11.6 Å². The molecule has 0 heterocycles. The van der Waals surface area contributed by atoms with Gasteiger partial charge in [-0.05, 0) is 24.3 Å². The summed E-state index contributed by atoms with van der Waals surface area (Å²) >= 11 is 5.75. The average molecular weight is 283 g/mol. The Morgan fingerprint density at radius 2 is 1.61 bits per heavy atom. The molecule has 0 saturated heterocycles. The molecule has 3 N–H and O–H groups in total. The minimum absolute atomic E-state index is 0. The molecule has 0 unspecified atom stereocenters. The maximum atomic E-state index is 11.7. The van der Waals surface area contributed by atoms with Crippen molar-refractivity contribution in [2.75, 3.05) is 0 Å². The summed E-state index contributed by atoms with van der Waals surface area (Å²) < 4.78 is 0. The first-order valence-corrected chi connectivity index (χ1v) is 5.58. The van der Waals surface area contributed by atoms with Gasteiger partial charge < -0.3 is 12.4 Å². The number of nitrogen functional groups attached to an aromatic ring is 1. The number of amides is 1. The maximum absolute atomic E-state index is 11.7. The summed E-state index contributed by atoms with van der Waals surface area (Å²) in [6.07, 6.45) is 0. The minimum atomic E-state index is -0.148. The van der Waals surface area contributed by atoms with Gasteiger partial charge in [0.05, 0.1) is 0 Å². The lowest BCUT2D eigenvalue weighted by molar-refractivity contribution is -0.618. The number of halogens is 2. The van der Waals surface area contributed by atoms with Crippen LogP contribution in [0.4, 0.5) is 5.69 Å². The Morgan fingerprint density at radius 3 is 2.22 bits per heavy atom. The van der Waals surface area contributed by atoms with Crippen LogP contribution in [0, 0.1) is 0 Å². The highest BCUT2D eigenvalue weighted by molar-refractivity contribution is 6.30. The molecule has 0 fully saturated rings. The number of hydrogen-bond acceptors (Lipinski definition) is 1. The second-order valence-corrected chi connectivity index (χ2v) is 3.97. The molecular weight excluding hydrogens is 271 g/mol. The summed E-state index contributed by atoms with van der Waals surface area (Å²) in [7, 11) is 0. The van der Waals surface area contributed by atoms with Gasteiger partial charge in [-0.2, -0.15) is 5.43 Å². The number of rotatable bonds is 3. The highest BCUT2D eigenvalue weighted by Crippen LogP contribution is 2.08. The number of carbonyl (C=O) groups excluding carboxylic acids is 1. The predicted molar refractivity (Wildman–Crippen MR) is 66.9 cm³/mol. The largest absolute Gasteiger partial charge is 1.00 e. The van der Waals surface area contributed by atoms with Crippen LogP contribution in [0.25, 0.3) is 0 Å². The van der Waals surface area contributed by atoms with Gasteiger partial charge in [0.2, 0.25) is 0 Å². The molecule has 0 aromatic heterocycles. The summed E-state index contributed by atoms with van der Waals surface area (Å²) in [5.41, 5.74) is 5.94. The molecule has 0 radical (unpaired) electrons. The lowest BCUT2D eigenvalue weighted by atomic mass is 10.2. The van der Waals surface area contributed by atoms with E-state index < -0.39 is 0 Å². The van der Waals surface area contributed by atoms with E-state index in [1.54, 1.807) is 29.7 Å². The normalized spacial score (nSPS) is 9.39. The smallest absolute Gasteiger partial charge is 0.296 e. The first-order chi connectivity index (χ1) is 8.25. The lowest BCUT2D eigenvalue weighted by Gasteiger charge is -2.03. The van der Waals surface area contributed by atoms with E-state index in [2.05, 4.69) is 5.43 Å². The first kappa shape index (κ1) is 14.5. The second-order valence-electron chi connectivity index (χ2n) is 3.54. The van der Waals surface area contributed by atoms with Crippen molar-refractivity contribution in [1.82, 2.24) is 5.43 Å². The van der Waals surface area contributed by atoms with Gasteiger partial charge >= 0.3 is 0 Å². The molecule has 0 aliphatic heterocycles. The van der Waals surface area contributed by atoms with Crippen molar-refractivity contribution < 1.29 is 22.6 Å². The van der Waals surface area contributed by atoms with Crippen LogP contribution in [0.1, 0.15) is 10.4 Å².